The van der Waals surface area contributed by atoms with E-state index in [9.17, 15) is 4.79 Å². The van der Waals surface area contributed by atoms with Gasteiger partial charge < -0.3 is 34.1 Å². The van der Waals surface area contributed by atoms with Crippen LogP contribution in [-0.4, -0.2) is 57.0 Å². The quantitative estimate of drug-likeness (QED) is 0.155. The molecule has 1 amide bonds. The Morgan fingerprint density at radius 1 is 0.891 bits per heavy atom. The predicted octanol–water partition coefficient (Wildman–Crippen LogP) is 6.05. The van der Waals surface area contributed by atoms with Gasteiger partial charge in [0.15, 0.2) is 11.6 Å². The minimum Gasteiger partial charge on any atom is -0.497 e. The van der Waals surface area contributed by atoms with Crippen LogP contribution in [0.1, 0.15) is 34.8 Å². The van der Waals surface area contributed by atoms with Gasteiger partial charge in [-0.2, -0.15) is 0 Å². The summed E-state index contributed by atoms with van der Waals surface area (Å²) in [5.74, 6) is 2.56. The predicted molar refractivity (Wildman–Crippen MR) is 179 cm³/mol. The first-order chi connectivity index (χ1) is 22.4. The van der Waals surface area contributed by atoms with Crippen molar-refractivity contribution >= 4 is 27.7 Å². The highest BCUT2D eigenvalue weighted by Gasteiger charge is 2.53. The average Bonchev–Trinajstić information content (AvgIpc) is 3.49. The highest BCUT2D eigenvalue weighted by atomic mass is 79.9. The number of benzene rings is 4. The highest BCUT2D eigenvalue weighted by Crippen LogP contribution is 2.44. The average molecular weight is 690 g/mol. The van der Waals surface area contributed by atoms with Crippen LogP contribution in [0.2, 0.25) is 0 Å². The number of hydrogen-bond acceptors (Lipinski definition) is 8. The molecule has 1 heterocycles. The number of carbonyl (C=O) groups excluding carboxylic acids is 1. The van der Waals surface area contributed by atoms with E-state index in [1.807, 2.05) is 84.9 Å². The number of ether oxygens (including phenoxy) is 5. The molecular formula is C36H37BrN2O7. The number of hydrogen-bond donors (Lipinski definition) is 2. The second kappa shape index (κ2) is 15.2. The molecule has 4 aromatic rings. The largest absolute Gasteiger partial charge is 0.497 e. The Kier molecular flexibility index (Phi) is 10.8. The number of halogens is 1. The number of aliphatic imine (C=N–C) groups is 1. The zero-order chi connectivity index (χ0) is 32.5. The van der Waals surface area contributed by atoms with Crippen molar-refractivity contribution in [2.45, 2.75) is 31.0 Å². The number of carbonyl (C=O) groups is 1. The fourth-order valence-electron chi connectivity index (χ4n) is 5.32. The molecular weight excluding hydrogens is 652 g/mol. The van der Waals surface area contributed by atoms with Crippen molar-refractivity contribution in [3.05, 3.63) is 118 Å². The lowest BCUT2D eigenvalue weighted by Gasteiger charge is -2.31. The first kappa shape index (κ1) is 32.8. The van der Waals surface area contributed by atoms with Gasteiger partial charge in [-0.05, 0) is 71.3 Å². The molecule has 2 atom stereocenters. The number of methoxy groups -OCH3 is 3. The van der Waals surface area contributed by atoms with Gasteiger partial charge in [-0.3, -0.25) is 4.79 Å². The molecule has 0 saturated carbocycles. The lowest BCUT2D eigenvalue weighted by Crippen LogP contribution is -2.49. The number of rotatable bonds is 14. The molecule has 0 aliphatic carbocycles. The molecule has 9 nitrogen and oxygen atoms in total. The zero-order valence-corrected chi connectivity index (χ0v) is 27.6. The summed E-state index contributed by atoms with van der Waals surface area (Å²) in [7, 11) is 4.77. The summed E-state index contributed by atoms with van der Waals surface area (Å²) in [5.41, 5.74) is 1.74. The zero-order valence-electron chi connectivity index (χ0n) is 26.0. The maximum absolute atomic E-state index is 14.6. The first-order valence-electron chi connectivity index (χ1n) is 14.9. The molecule has 4 aromatic carbocycles. The van der Waals surface area contributed by atoms with E-state index in [0.717, 1.165) is 21.2 Å². The molecule has 10 heteroatoms. The standard InChI is InChI=1S/C36H37BrN2O7/c1-42-29-10-6-9-26(20-29)33-36(22-27-8-4-5-11-32(27)37,35(41)38-23-24-18-30(43-2)21-31(19-24)44-3)39-34(46-33)25-12-14-28(15-13-25)45-17-7-16-40/h4-6,8-15,18-21,33,40H,7,16-17,22-23H2,1-3H3,(H,38,41)/t33-,36-/m1/s1. The van der Waals surface area contributed by atoms with E-state index in [-0.39, 0.29) is 25.5 Å². The number of amides is 1. The van der Waals surface area contributed by atoms with Crippen LogP contribution >= 0.6 is 15.9 Å². The number of nitrogens with zero attached hydrogens (tertiary/aromatic N) is 1. The molecule has 0 spiro atoms. The van der Waals surface area contributed by atoms with Gasteiger partial charge in [0.2, 0.25) is 5.90 Å². The molecule has 46 heavy (non-hydrogen) atoms. The molecule has 0 aromatic heterocycles. The van der Waals surface area contributed by atoms with Gasteiger partial charge in [-0.25, -0.2) is 4.99 Å². The van der Waals surface area contributed by atoms with Crippen LogP contribution in [-0.2, 0) is 22.5 Å². The minimum absolute atomic E-state index is 0.0570. The second-order valence-electron chi connectivity index (χ2n) is 10.7. The maximum atomic E-state index is 14.6. The van der Waals surface area contributed by atoms with Crippen molar-refractivity contribution in [2.75, 3.05) is 34.5 Å². The van der Waals surface area contributed by atoms with Gasteiger partial charge in [0.25, 0.3) is 5.91 Å². The Labute approximate surface area is 277 Å². The van der Waals surface area contributed by atoms with Crippen molar-refractivity contribution in [1.29, 1.82) is 0 Å². The van der Waals surface area contributed by atoms with E-state index in [2.05, 4.69) is 21.2 Å². The molecule has 1 aliphatic heterocycles. The van der Waals surface area contributed by atoms with Crippen molar-refractivity contribution in [3.8, 4) is 23.0 Å². The Balaban J connectivity index is 1.58. The molecule has 0 fully saturated rings. The Bertz CT molecular complexity index is 1660. The summed E-state index contributed by atoms with van der Waals surface area (Å²) in [6.45, 7) is 0.667. The van der Waals surface area contributed by atoms with Crippen LogP contribution in [0.3, 0.4) is 0 Å². The molecule has 240 valence electrons. The number of aliphatic hydroxyl groups is 1. The summed E-state index contributed by atoms with van der Waals surface area (Å²) in [6, 6.07) is 28.1. The third-order valence-corrected chi connectivity index (χ3v) is 8.48. The third kappa shape index (κ3) is 7.46. The van der Waals surface area contributed by atoms with Gasteiger partial charge in [0.05, 0.1) is 27.9 Å². The van der Waals surface area contributed by atoms with E-state index >= 15 is 0 Å². The second-order valence-corrected chi connectivity index (χ2v) is 11.6. The molecule has 1 aliphatic rings. The van der Waals surface area contributed by atoms with Crippen molar-refractivity contribution in [2.24, 2.45) is 4.99 Å². The number of nitrogens with one attached hydrogen (secondary N) is 1. The fourth-order valence-corrected chi connectivity index (χ4v) is 5.75. The van der Waals surface area contributed by atoms with Gasteiger partial charge in [0, 0.05) is 42.1 Å². The van der Waals surface area contributed by atoms with E-state index in [1.54, 1.807) is 27.4 Å². The van der Waals surface area contributed by atoms with Crippen LogP contribution in [0.4, 0.5) is 0 Å². The topological polar surface area (TPSA) is 108 Å². The molecule has 0 saturated heterocycles. The summed E-state index contributed by atoms with van der Waals surface area (Å²) in [6.07, 6.45) is -0.00484. The monoisotopic (exact) mass is 688 g/mol. The molecule has 0 radical (unpaired) electrons. The van der Waals surface area contributed by atoms with Gasteiger partial charge in [-0.1, -0.05) is 46.3 Å². The van der Waals surface area contributed by atoms with E-state index in [1.165, 1.54) is 0 Å². The SMILES string of the molecule is COc1cc(CNC(=O)[C@]2(Cc3ccccc3Br)N=C(c3ccc(OCCCO)cc3)O[C@@H]2c2cccc(OC)c2)cc(OC)c1. The fraction of sp³-hybridized carbons (Fsp3) is 0.278. The van der Waals surface area contributed by atoms with Crippen molar-refractivity contribution in [3.63, 3.8) is 0 Å². The Morgan fingerprint density at radius 3 is 2.28 bits per heavy atom. The van der Waals surface area contributed by atoms with Gasteiger partial charge >= 0.3 is 0 Å². The summed E-state index contributed by atoms with van der Waals surface area (Å²) < 4.78 is 29.6. The van der Waals surface area contributed by atoms with Crippen LogP contribution < -0.4 is 24.3 Å². The van der Waals surface area contributed by atoms with Gasteiger partial charge in [0.1, 0.15) is 23.0 Å². The van der Waals surface area contributed by atoms with Gasteiger partial charge in [-0.15, -0.1) is 0 Å². The molecule has 0 unspecified atom stereocenters. The third-order valence-electron chi connectivity index (χ3n) is 7.71. The lowest BCUT2D eigenvalue weighted by atomic mass is 9.82. The molecule has 0 bridgehead atoms. The van der Waals surface area contributed by atoms with Crippen molar-refractivity contribution in [1.82, 2.24) is 5.32 Å². The van der Waals surface area contributed by atoms with Crippen LogP contribution in [0.5, 0.6) is 23.0 Å². The first-order valence-corrected chi connectivity index (χ1v) is 15.7. The van der Waals surface area contributed by atoms with E-state index in [4.69, 9.17) is 33.8 Å². The Morgan fingerprint density at radius 2 is 1.61 bits per heavy atom. The summed E-state index contributed by atoms with van der Waals surface area (Å²) in [4.78, 5) is 19.8. The molecule has 5 rings (SSSR count). The van der Waals surface area contributed by atoms with Crippen LogP contribution in [0.25, 0.3) is 0 Å². The van der Waals surface area contributed by atoms with E-state index in [0.29, 0.717) is 47.5 Å². The van der Waals surface area contributed by atoms with Crippen LogP contribution in [0, 0.1) is 0 Å². The highest BCUT2D eigenvalue weighted by molar-refractivity contribution is 9.10. The summed E-state index contributed by atoms with van der Waals surface area (Å²) in [5, 5.41) is 12.2. The normalized spacial score (nSPS) is 17.1. The molecule has 2 N–H and O–H groups in total. The maximum Gasteiger partial charge on any atom is 0.252 e. The number of aliphatic hydroxyl groups excluding tert-OH is 1. The van der Waals surface area contributed by atoms with Crippen molar-refractivity contribution < 1.29 is 33.6 Å². The van der Waals surface area contributed by atoms with Crippen LogP contribution in [0.15, 0.2) is 100 Å². The Hall–Kier alpha value is -4.54. The van der Waals surface area contributed by atoms with E-state index < -0.39 is 11.6 Å². The smallest absolute Gasteiger partial charge is 0.252 e. The summed E-state index contributed by atoms with van der Waals surface area (Å²) >= 11 is 3.68. The lowest BCUT2D eigenvalue weighted by molar-refractivity contribution is -0.129. The minimum atomic E-state index is -1.40.